The molecule has 2 aromatic carbocycles. The van der Waals surface area contributed by atoms with Gasteiger partial charge >= 0.3 is 0 Å². The Morgan fingerprint density at radius 3 is 2.52 bits per heavy atom. The highest BCUT2D eigenvalue weighted by molar-refractivity contribution is 7.99. The Morgan fingerprint density at radius 1 is 1.04 bits per heavy atom. The average Bonchev–Trinajstić information content (AvgIpc) is 3.09. The van der Waals surface area contributed by atoms with Crippen LogP contribution in [-0.4, -0.2) is 26.5 Å². The first-order chi connectivity index (χ1) is 13.1. The SMILES string of the molecule is O=C1CSc2nnc(COc3ccccc3)n2N1Cc1c(F)cccc1F. The van der Waals surface area contributed by atoms with Gasteiger partial charge in [0.2, 0.25) is 5.16 Å². The molecule has 0 N–H and O–H groups in total. The normalized spacial score (nSPS) is 13.6. The van der Waals surface area contributed by atoms with Crippen molar-refractivity contribution in [3.8, 4) is 5.75 Å². The Labute approximate surface area is 157 Å². The zero-order valence-electron chi connectivity index (χ0n) is 14.0. The van der Waals surface area contributed by atoms with E-state index in [0.717, 1.165) is 12.1 Å². The number of carbonyl (C=O) groups is 1. The van der Waals surface area contributed by atoms with Crippen LogP contribution in [0.15, 0.2) is 53.7 Å². The van der Waals surface area contributed by atoms with Gasteiger partial charge in [-0.3, -0.25) is 4.79 Å². The second kappa shape index (κ2) is 7.36. The van der Waals surface area contributed by atoms with Crippen molar-refractivity contribution in [2.24, 2.45) is 0 Å². The molecule has 3 aromatic rings. The lowest BCUT2D eigenvalue weighted by Crippen LogP contribution is -2.45. The number of halogens is 2. The highest BCUT2D eigenvalue weighted by atomic mass is 32.2. The molecule has 27 heavy (non-hydrogen) atoms. The lowest BCUT2D eigenvalue weighted by molar-refractivity contribution is -0.118. The molecular weight excluding hydrogens is 374 g/mol. The summed E-state index contributed by atoms with van der Waals surface area (Å²) in [4.78, 5) is 12.5. The van der Waals surface area contributed by atoms with E-state index in [0.29, 0.717) is 16.7 Å². The van der Waals surface area contributed by atoms with Gasteiger partial charge in [-0.15, -0.1) is 10.2 Å². The maximum atomic E-state index is 14.1. The van der Waals surface area contributed by atoms with Gasteiger partial charge in [0.05, 0.1) is 12.3 Å². The zero-order valence-corrected chi connectivity index (χ0v) is 14.8. The van der Waals surface area contributed by atoms with E-state index in [2.05, 4.69) is 10.2 Å². The van der Waals surface area contributed by atoms with Crippen LogP contribution in [0.5, 0.6) is 5.75 Å². The summed E-state index contributed by atoms with van der Waals surface area (Å²) in [5, 5.41) is 9.84. The molecule has 0 radical (unpaired) electrons. The number of hydrogen-bond acceptors (Lipinski definition) is 5. The van der Waals surface area contributed by atoms with Crippen LogP contribution in [-0.2, 0) is 17.9 Å². The molecule has 0 spiro atoms. The molecular formula is C18H14F2N4O2S. The number of para-hydroxylation sites is 1. The summed E-state index contributed by atoms with van der Waals surface area (Å²) >= 11 is 1.22. The maximum absolute atomic E-state index is 14.1. The fourth-order valence-electron chi connectivity index (χ4n) is 2.69. The van der Waals surface area contributed by atoms with Gasteiger partial charge in [-0.1, -0.05) is 36.0 Å². The van der Waals surface area contributed by atoms with Crippen LogP contribution in [0.25, 0.3) is 0 Å². The first kappa shape index (κ1) is 17.5. The Kier molecular flexibility index (Phi) is 4.76. The number of hydrogen-bond donors (Lipinski definition) is 0. The molecule has 4 rings (SSSR count). The van der Waals surface area contributed by atoms with Crippen molar-refractivity contribution in [3.63, 3.8) is 0 Å². The molecule has 1 aliphatic heterocycles. The van der Waals surface area contributed by atoms with E-state index in [-0.39, 0.29) is 30.4 Å². The van der Waals surface area contributed by atoms with Crippen molar-refractivity contribution in [1.29, 1.82) is 0 Å². The number of fused-ring (bicyclic) bond motifs is 1. The number of benzene rings is 2. The number of nitrogens with zero attached hydrogens (tertiary/aromatic N) is 4. The van der Waals surface area contributed by atoms with Crippen LogP contribution in [0.4, 0.5) is 8.78 Å². The number of thioether (sulfide) groups is 1. The van der Waals surface area contributed by atoms with Crippen molar-refractivity contribution >= 4 is 17.7 Å². The molecule has 0 unspecified atom stereocenters. The second-order valence-electron chi connectivity index (χ2n) is 5.75. The summed E-state index contributed by atoms with van der Waals surface area (Å²) in [6, 6.07) is 12.7. The van der Waals surface area contributed by atoms with Gasteiger partial charge in [0.15, 0.2) is 5.82 Å². The fourth-order valence-corrected chi connectivity index (χ4v) is 3.51. The van der Waals surface area contributed by atoms with Crippen LogP contribution < -0.4 is 9.75 Å². The van der Waals surface area contributed by atoms with Crippen molar-refractivity contribution in [2.45, 2.75) is 18.3 Å². The minimum absolute atomic E-state index is 0.0567. The summed E-state index contributed by atoms with van der Waals surface area (Å²) in [5.41, 5.74) is -0.188. The quantitative estimate of drug-likeness (QED) is 0.673. The van der Waals surface area contributed by atoms with E-state index in [9.17, 15) is 13.6 Å². The first-order valence-electron chi connectivity index (χ1n) is 8.12. The Bertz CT molecular complexity index is 960. The Hall–Kier alpha value is -2.94. The van der Waals surface area contributed by atoms with E-state index in [1.807, 2.05) is 18.2 Å². The predicted octanol–water partition coefficient (Wildman–Crippen LogP) is 2.91. The average molecular weight is 388 g/mol. The minimum atomic E-state index is -0.710. The van der Waals surface area contributed by atoms with E-state index in [4.69, 9.17) is 4.74 Å². The highest BCUT2D eigenvalue weighted by Gasteiger charge is 2.30. The third-order valence-electron chi connectivity index (χ3n) is 4.01. The fraction of sp³-hybridized carbons (Fsp3) is 0.167. The molecule has 0 saturated heterocycles. The smallest absolute Gasteiger partial charge is 0.252 e. The highest BCUT2D eigenvalue weighted by Crippen LogP contribution is 2.26. The first-order valence-corrected chi connectivity index (χ1v) is 9.10. The summed E-state index contributed by atoms with van der Waals surface area (Å²) in [5.74, 6) is -0.595. The van der Waals surface area contributed by atoms with Crippen LogP contribution >= 0.6 is 11.8 Å². The largest absolute Gasteiger partial charge is 0.486 e. The second-order valence-corrected chi connectivity index (χ2v) is 6.70. The monoisotopic (exact) mass is 388 g/mol. The molecule has 2 heterocycles. The molecule has 138 valence electrons. The molecule has 0 atom stereocenters. The number of ether oxygens (including phenoxy) is 1. The van der Waals surface area contributed by atoms with E-state index in [1.165, 1.54) is 27.5 Å². The molecule has 0 aliphatic carbocycles. The third kappa shape index (κ3) is 3.50. The van der Waals surface area contributed by atoms with Gasteiger partial charge in [0.1, 0.15) is 24.0 Å². The van der Waals surface area contributed by atoms with E-state index < -0.39 is 11.6 Å². The number of rotatable bonds is 5. The Morgan fingerprint density at radius 2 is 1.78 bits per heavy atom. The Balaban J connectivity index is 1.63. The van der Waals surface area contributed by atoms with Crippen molar-refractivity contribution in [3.05, 3.63) is 71.6 Å². The standard InChI is InChI=1S/C18H14F2N4O2S/c19-14-7-4-8-15(20)13(14)9-23-17(25)11-27-18-22-21-16(24(18)23)10-26-12-5-2-1-3-6-12/h1-8H,9-11H2. The lowest BCUT2D eigenvalue weighted by atomic mass is 10.2. The molecule has 0 fully saturated rings. The summed E-state index contributed by atoms with van der Waals surface area (Å²) in [6.07, 6.45) is 0. The molecule has 0 saturated carbocycles. The van der Waals surface area contributed by atoms with Crippen LogP contribution in [0, 0.1) is 11.6 Å². The van der Waals surface area contributed by atoms with E-state index in [1.54, 1.807) is 12.1 Å². The molecule has 1 aromatic heterocycles. The maximum Gasteiger partial charge on any atom is 0.252 e. The van der Waals surface area contributed by atoms with Gasteiger partial charge in [-0.2, -0.15) is 0 Å². The van der Waals surface area contributed by atoms with Crippen LogP contribution in [0.3, 0.4) is 0 Å². The van der Waals surface area contributed by atoms with Gasteiger partial charge < -0.3 is 4.74 Å². The predicted molar refractivity (Wildman–Crippen MR) is 94.8 cm³/mol. The minimum Gasteiger partial charge on any atom is -0.486 e. The van der Waals surface area contributed by atoms with Gasteiger partial charge in [-0.25, -0.2) is 18.5 Å². The topological polar surface area (TPSA) is 60.2 Å². The number of carbonyl (C=O) groups excluding carboxylic acids is 1. The molecule has 9 heteroatoms. The molecule has 6 nitrogen and oxygen atoms in total. The molecule has 1 aliphatic rings. The number of amides is 1. The van der Waals surface area contributed by atoms with Crippen molar-refractivity contribution in [2.75, 3.05) is 10.8 Å². The summed E-state index contributed by atoms with van der Waals surface area (Å²) < 4.78 is 35.3. The van der Waals surface area contributed by atoms with Gasteiger partial charge in [0.25, 0.3) is 5.91 Å². The lowest BCUT2D eigenvalue weighted by Gasteiger charge is -2.29. The number of aromatic nitrogens is 3. The third-order valence-corrected chi connectivity index (χ3v) is 4.92. The van der Waals surface area contributed by atoms with Gasteiger partial charge in [-0.05, 0) is 24.3 Å². The van der Waals surface area contributed by atoms with Crippen molar-refractivity contribution in [1.82, 2.24) is 14.9 Å². The zero-order chi connectivity index (χ0) is 18.8. The van der Waals surface area contributed by atoms with Crippen LogP contribution in [0.2, 0.25) is 0 Å². The van der Waals surface area contributed by atoms with Crippen molar-refractivity contribution < 1.29 is 18.3 Å². The van der Waals surface area contributed by atoms with E-state index >= 15 is 0 Å². The van der Waals surface area contributed by atoms with Gasteiger partial charge in [0, 0.05) is 5.56 Å². The summed E-state index contributed by atoms with van der Waals surface area (Å²) in [6.45, 7) is -0.206. The summed E-state index contributed by atoms with van der Waals surface area (Å²) in [7, 11) is 0. The molecule has 1 amide bonds. The van der Waals surface area contributed by atoms with Crippen LogP contribution in [0.1, 0.15) is 11.4 Å². The molecule has 0 bridgehead atoms.